The Bertz CT molecular complexity index is 1320. The summed E-state index contributed by atoms with van der Waals surface area (Å²) < 4.78 is 27.1. The Morgan fingerprint density at radius 2 is 1.58 bits per heavy atom. The molecule has 190 valence electrons. The summed E-state index contributed by atoms with van der Waals surface area (Å²) in [5.41, 5.74) is 3.10. The second-order valence-electron chi connectivity index (χ2n) is 8.55. The van der Waals surface area contributed by atoms with Crippen LogP contribution in [0.5, 0.6) is 0 Å². The van der Waals surface area contributed by atoms with Crippen molar-refractivity contribution >= 4 is 43.5 Å². The van der Waals surface area contributed by atoms with Crippen molar-refractivity contribution in [2.24, 2.45) is 0 Å². The second-order valence-corrected chi connectivity index (χ2v) is 11.3. The van der Waals surface area contributed by atoms with E-state index >= 15 is 0 Å². The van der Waals surface area contributed by atoms with E-state index < -0.39 is 28.5 Å². The number of nitrogens with one attached hydrogen (secondary N) is 1. The number of rotatable bonds is 10. The van der Waals surface area contributed by atoms with Crippen LogP contribution < -0.4 is 9.62 Å². The van der Waals surface area contributed by atoms with E-state index in [2.05, 4.69) is 21.2 Å². The molecule has 1 N–H and O–H groups in total. The summed E-state index contributed by atoms with van der Waals surface area (Å²) in [5, 5.41) is 2.67. The number of para-hydroxylation sites is 1. The van der Waals surface area contributed by atoms with Gasteiger partial charge in [0.2, 0.25) is 21.8 Å². The van der Waals surface area contributed by atoms with E-state index in [0.717, 1.165) is 27.3 Å². The highest BCUT2D eigenvalue weighted by Gasteiger charge is 2.33. The molecule has 3 rings (SSSR count). The fourth-order valence-corrected chi connectivity index (χ4v) is 5.45. The average molecular weight is 573 g/mol. The number of aryl methyl sites for hydroxylation is 1. The SMILES string of the molecule is CNC(=O)[C@H](Cc1ccccc1)N(Cc1cccc(C)c1)C(=O)CN(c1ccccc1Br)S(C)(=O)=O. The molecule has 0 saturated heterocycles. The zero-order valence-electron chi connectivity index (χ0n) is 20.5. The maximum atomic E-state index is 13.9. The lowest BCUT2D eigenvalue weighted by molar-refractivity contribution is -0.139. The van der Waals surface area contributed by atoms with Gasteiger partial charge in [-0.25, -0.2) is 8.42 Å². The Morgan fingerprint density at radius 3 is 2.19 bits per heavy atom. The average Bonchev–Trinajstić information content (AvgIpc) is 2.84. The second kappa shape index (κ2) is 12.2. The molecule has 7 nitrogen and oxygen atoms in total. The lowest BCUT2D eigenvalue weighted by Gasteiger charge is -2.33. The molecular weight excluding hydrogens is 542 g/mol. The topological polar surface area (TPSA) is 86.8 Å². The lowest BCUT2D eigenvalue weighted by atomic mass is 10.0. The van der Waals surface area contributed by atoms with Crippen molar-refractivity contribution in [1.82, 2.24) is 10.2 Å². The van der Waals surface area contributed by atoms with Crippen LogP contribution in [0, 0.1) is 6.92 Å². The number of anilines is 1. The van der Waals surface area contributed by atoms with Crippen LogP contribution in [-0.2, 0) is 32.6 Å². The molecule has 0 bridgehead atoms. The number of likely N-dealkylation sites (N-methyl/N-ethyl adjacent to an activating group) is 1. The number of carbonyl (C=O) groups is 2. The molecule has 0 fully saturated rings. The third kappa shape index (κ3) is 7.18. The molecule has 0 spiro atoms. The number of nitrogens with zero attached hydrogens (tertiary/aromatic N) is 2. The predicted molar refractivity (Wildman–Crippen MR) is 146 cm³/mol. The summed E-state index contributed by atoms with van der Waals surface area (Å²) in [6.07, 6.45) is 1.34. The summed E-state index contributed by atoms with van der Waals surface area (Å²) in [7, 11) is -2.28. The van der Waals surface area contributed by atoms with Crippen molar-refractivity contribution in [3.05, 3.63) is 100 Å². The molecule has 3 aromatic carbocycles. The monoisotopic (exact) mass is 571 g/mol. The van der Waals surface area contributed by atoms with Crippen LogP contribution in [0.1, 0.15) is 16.7 Å². The van der Waals surface area contributed by atoms with Crippen LogP contribution in [0.25, 0.3) is 0 Å². The van der Waals surface area contributed by atoms with E-state index in [4.69, 9.17) is 0 Å². The smallest absolute Gasteiger partial charge is 0.244 e. The first kappa shape index (κ1) is 27.4. The summed E-state index contributed by atoms with van der Waals surface area (Å²) in [5.74, 6) is -0.811. The van der Waals surface area contributed by atoms with Crippen molar-refractivity contribution < 1.29 is 18.0 Å². The van der Waals surface area contributed by atoms with E-state index in [9.17, 15) is 18.0 Å². The quantitative estimate of drug-likeness (QED) is 0.399. The standard InChI is InChI=1S/C27H30BrN3O4S/c1-20-10-9-13-22(16-20)18-30(25(27(33)29-2)17-21-11-5-4-6-12-21)26(32)19-31(36(3,34)35)24-15-8-7-14-23(24)28/h4-16,25H,17-19H2,1-3H3,(H,29,33)/t25-/m0/s1. The largest absolute Gasteiger partial charge is 0.357 e. The summed E-state index contributed by atoms with van der Waals surface area (Å²) >= 11 is 3.39. The number of carbonyl (C=O) groups excluding carboxylic acids is 2. The van der Waals surface area contributed by atoms with Gasteiger partial charge in [0.05, 0.1) is 11.9 Å². The third-order valence-electron chi connectivity index (χ3n) is 5.75. The van der Waals surface area contributed by atoms with Crippen LogP contribution in [0.15, 0.2) is 83.3 Å². The maximum absolute atomic E-state index is 13.9. The first-order valence-corrected chi connectivity index (χ1v) is 14.1. The number of hydrogen-bond donors (Lipinski definition) is 1. The first-order chi connectivity index (χ1) is 17.1. The highest BCUT2D eigenvalue weighted by molar-refractivity contribution is 9.10. The van der Waals surface area contributed by atoms with Gasteiger partial charge in [-0.15, -0.1) is 0 Å². The van der Waals surface area contributed by atoms with Gasteiger partial charge >= 0.3 is 0 Å². The zero-order valence-corrected chi connectivity index (χ0v) is 22.9. The molecular formula is C27H30BrN3O4S. The van der Waals surface area contributed by atoms with Crippen LogP contribution in [0.3, 0.4) is 0 Å². The molecule has 0 aromatic heterocycles. The highest BCUT2D eigenvalue weighted by Crippen LogP contribution is 2.28. The van der Waals surface area contributed by atoms with Gasteiger partial charge < -0.3 is 10.2 Å². The molecule has 9 heteroatoms. The van der Waals surface area contributed by atoms with E-state index in [0.29, 0.717) is 10.2 Å². The molecule has 1 atom stereocenters. The molecule has 0 unspecified atom stereocenters. The molecule has 3 aromatic rings. The Kier molecular flexibility index (Phi) is 9.28. The number of hydrogen-bond acceptors (Lipinski definition) is 4. The van der Waals surface area contributed by atoms with Gasteiger partial charge in [-0.05, 0) is 46.1 Å². The minimum Gasteiger partial charge on any atom is -0.357 e. The predicted octanol–water partition coefficient (Wildman–Crippen LogP) is 3.91. The molecule has 0 saturated carbocycles. The first-order valence-electron chi connectivity index (χ1n) is 11.4. The van der Waals surface area contributed by atoms with Crippen molar-refractivity contribution in [3.63, 3.8) is 0 Å². The number of sulfonamides is 1. The number of benzene rings is 3. The Labute approximate surface area is 221 Å². The summed E-state index contributed by atoms with van der Waals surface area (Å²) in [4.78, 5) is 28.4. The Balaban J connectivity index is 2.04. The van der Waals surface area contributed by atoms with Crippen molar-refractivity contribution in [2.45, 2.75) is 25.9 Å². The summed E-state index contributed by atoms with van der Waals surface area (Å²) in [6.45, 7) is 1.66. The van der Waals surface area contributed by atoms with E-state index in [1.54, 1.807) is 24.3 Å². The van der Waals surface area contributed by atoms with Gasteiger partial charge in [-0.1, -0.05) is 72.3 Å². The molecule has 2 amide bonds. The van der Waals surface area contributed by atoms with Gasteiger partial charge in [-0.2, -0.15) is 0 Å². The normalized spacial score (nSPS) is 12.0. The van der Waals surface area contributed by atoms with Gasteiger partial charge in [0.15, 0.2) is 0 Å². The Morgan fingerprint density at radius 1 is 0.944 bits per heavy atom. The molecule has 0 aliphatic heterocycles. The zero-order chi connectivity index (χ0) is 26.3. The van der Waals surface area contributed by atoms with Gasteiger partial charge in [0.1, 0.15) is 12.6 Å². The number of halogens is 1. The Hall–Kier alpha value is -3.17. The molecule has 0 aliphatic carbocycles. The summed E-state index contributed by atoms with van der Waals surface area (Å²) in [6, 6.07) is 23.1. The van der Waals surface area contributed by atoms with Gasteiger partial charge in [0, 0.05) is 24.5 Å². The maximum Gasteiger partial charge on any atom is 0.244 e. The molecule has 0 aliphatic rings. The minimum absolute atomic E-state index is 0.152. The minimum atomic E-state index is -3.80. The third-order valence-corrected chi connectivity index (χ3v) is 7.55. The molecule has 0 heterocycles. The highest BCUT2D eigenvalue weighted by atomic mass is 79.9. The van der Waals surface area contributed by atoms with E-state index in [1.807, 2.05) is 61.5 Å². The van der Waals surface area contributed by atoms with Crippen molar-refractivity contribution in [3.8, 4) is 0 Å². The van der Waals surface area contributed by atoms with Crippen LogP contribution in [0.2, 0.25) is 0 Å². The fourth-order valence-electron chi connectivity index (χ4n) is 3.98. The van der Waals surface area contributed by atoms with Gasteiger partial charge in [-0.3, -0.25) is 13.9 Å². The fraction of sp³-hybridized carbons (Fsp3) is 0.259. The molecule has 0 radical (unpaired) electrons. The van der Waals surface area contributed by atoms with Crippen LogP contribution in [0.4, 0.5) is 5.69 Å². The van der Waals surface area contributed by atoms with Crippen molar-refractivity contribution in [1.29, 1.82) is 0 Å². The van der Waals surface area contributed by atoms with E-state index in [1.165, 1.54) is 11.9 Å². The van der Waals surface area contributed by atoms with Crippen LogP contribution in [-0.4, -0.2) is 51.0 Å². The van der Waals surface area contributed by atoms with E-state index in [-0.39, 0.29) is 18.9 Å². The van der Waals surface area contributed by atoms with Crippen LogP contribution >= 0.6 is 15.9 Å². The van der Waals surface area contributed by atoms with Crippen molar-refractivity contribution in [2.75, 3.05) is 24.2 Å². The van der Waals surface area contributed by atoms with Gasteiger partial charge in [0.25, 0.3) is 0 Å². The molecule has 36 heavy (non-hydrogen) atoms. The lowest BCUT2D eigenvalue weighted by Crippen LogP contribution is -2.52. The number of amides is 2.